The number of rotatable bonds is 8. The van der Waals surface area contributed by atoms with E-state index in [4.69, 9.17) is 9.84 Å². The van der Waals surface area contributed by atoms with E-state index in [1.54, 1.807) is 0 Å². The molecule has 2 aromatic carbocycles. The van der Waals surface area contributed by atoms with Gasteiger partial charge in [-0.25, -0.2) is 0 Å². The number of nitrogens with zero attached hydrogens (tertiary/aromatic N) is 2. The molecule has 6 rings (SSSR count). The van der Waals surface area contributed by atoms with Gasteiger partial charge < -0.3 is 4.74 Å². The molecule has 1 saturated carbocycles. The molecule has 5 heteroatoms. The molecule has 1 N–H and O–H groups in total. The Kier molecular flexibility index (Phi) is 7.13. The smallest absolute Gasteiger partial charge is 0.147 e. The fourth-order valence-corrected chi connectivity index (χ4v) is 6.70. The fourth-order valence-electron chi connectivity index (χ4n) is 6.70. The Morgan fingerprint density at radius 1 is 1.15 bits per heavy atom. The summed E-state index contributed by atoms with van der Waals surface area (Å²) in [6.45, 7) is 12.9. The van der Waals surface area contributed by atoms with Crippen molar-refractivity contribution in [3.8, 4) is 11.3 Å². The molecule has 3 atom stereocenters. The topological polar surface area (TPSA) is 58.2 Å². The summed E-state index contributed by atoms with van der Waals surface area (Å²) >= 11 is 0. The molecule has 2 fully saturated rings. The minimum Gasteiger partial charge on any atom is -0.379 e. The third-order valence-corrected chi connectivity index (χ3v) is 9.09. The number of aryl methyl sites for hydroxylation is 1. The molecule has 5 nitrogen and oxygen atoms in total. The van der Waals surface area contributed by atoms with Crippen molar-refractivity contribution in [3.05, 3.63) is 88.6 Å². The van der Waals surface area contributed by atoms with Gasteiger partial charge in [-0.05, 0) is 66.0 Å². The highest BCUT2D eigenvalue weighted by Gasteiger charge is 2.62. The molecule has 0 radical (unpaired) electrons. The van der Waals surface area contributed by atoms with Gasteiger partial charge in [0.2, 0.25) is 0 Å². The SMILES string of the molecule is C=Cc1c(-c2cccc(CN3CCOCC3)c2)n[nH]c1C=CC1CC12C(=O)C(CC)Cc1ccc(CC)cc12. The lowest BCUT2D eigenvalue weighted by Gasteiger charge is -2.31. The first-order chi connectivity index (χ1) is 19.1. The molecule has 2 heterocycles. The number of nitrogens with one attached hydrogen (secondary N) is 1. The summed E-state index contributed by atoms with van der Waals surface area (Å²) < 4.78 is 5.50. The van der Waals surface area contributed by atoms with E-state index < -0.39 is 0 Å². The highest BCUT2D eigenvalue weighted by Crippen LogP contribution is 2.60. The molecule has 1 saturated heterocycles. The summed E-state index contributed by atoms with van der Waals surface area (Å²) in [5, 5.41) is 7.95. The number of carbonyl (C=O) groups excluding carboxylic acids is 1. The van der Waals surface area contributed by atoms with Crippen molar-refractivity contribution in [1.82, 2.24) is 15.1 Å². The number of hydrogen-bond acceptors (Lipinski definition) is 4. The Bertz CT molecular complexity index is 1410. The molecular formula is C34H39N3O2. The molecule has 202 valence electrons. The number of ketones is 1. The van der Waals surface area contributed by atoms with E-state index in [9.17, 15) is 4.79 Å². The van der Waals surface area contributed by atoms with Crippen molar-refractivity contribution in [2.24, 2.45) is 11.8 Å². The minimum atomic E-state index is -0.360. The van der Waals surface area contributed by atoms with Crippen LogP contribution in [0.15, 0.2) is 55.1 Å². The molecule has 0 amide bonds. The molecule has 2 aliphatic carbocycles. The Hall–Kier alpha value is -3.28. The second-order valence-electron chi connectivity index (χ2n) is 11.4. The summed E-state index contributed by atoms with van der Waals surface area (Å²) in [6, 6.07) is 15.4. The van der Waals surface area contributed by atoms with E-state index in [0.717, 1.165) is 81.0 Å². The van der Waals surface area contributed by atoms with Gasteiger partial charge in [-0.15, -0.1) is 0 Å². The number of ether oxygens (including phenoxy) is 1. The van der Waals surface area contributed by atoms with Gasteiger partial charge in [0.25, 0.3) is 0 Å². The van der Waals surface area contributed by atoms with Crippen LogP contribution in [0.3, 0.4) is 0 Å². The van der Waals surface area contributed by atoms with Crippen molar-refractivity contribution >= 4 is 17.9 Å². The highest BCUT2D eigenvalue weighted by atomic mass is 16.5. The lowest BCUT2D eigenvalue weighted by atomic mass is 9.71. The number of carbonyl (C=O) groups is 1. The average molecular weight is 522 g/mol. The van der Waals surface area contributed by atoms with Crippen LogP contribution in [0.1, 0.15) is 60.2 Å². The number of fused-ring (bicyclic) bond motifs is 2. The second kappa shape index (κ2) is 10.7. The van der Waals surface area contributed by atoms with Crippen LogP contribution in [-0.4, -0.2) is 47.2 Å². The third kappa shape index (κ3) is 4.72. The van der Waals surface area contributed by atoms with E-state index in [1.165, 1.54) is 22.3 Å². The molecule has 1 spiro atoms. The average Bonchev–Trinajstić information content (AvgIpc) is 3.55. The van der Waals surface area contributed by atoms with Crippen LogP contribution in [0.4, 0.5) is 0 Å². The van der Waals surface area contributed by atoms with Crippen molar-refractivity contribution < 1.29 is 9.53 Å². The Morgan fingerprint density at radius 2 is 2.00 bits per heavy atom. The van der Waals surface area contributed by atoms with Crippen LogP contribution >= 0.6 is 0 Å². The Labute approximate surface area is 232 Å². The summed E-state index contributed by atoms with van der Waals surface area (Å²) in [6.07, 6.45) is 9.91. The summed E-state index contributed by atoms with van der Waals surface area (Å²) in [4.78, 5) is 16.2. The number of aromatic amines is 1. The number of aromatic nitrogens is 2. The standard InChI is InChI=1S/C34H39N3O2/c1-4-23-10-11-26-20-25(5-2)33(38)34(30(26)19-23)21-28(34)12-13-31-29(6-3)32(36-35-31)27-9-7-8-24(18-27)22-37-14-16-39-17-15-37/h6-13,18-19,25,28H,3-5,14-17,20-22H2,1-2H3,(H,35,36). The first-order valence-electron chi connectivity index (χ1n) is 14.5. The number of Topliss-reactive ketones (excluding diaryl/α,β-unsaturated/α-hetero) is 1. The predicted octanol–water partition coefficient (Wildman–Crippen LogP) is 6.24. The molecule has 3 unspecified atom stereocenters. The maximum Gasteiger partial charge on any atom is 0.147 e. The van der Waals surface area contributed by atoms with Crippen molar-refractivity contribution in [2.75, 3.05) is 26.3 Å². The molecule has 3 aromatic rings. The summed E-state index contributed by atoms with van der Waals surface area (Å²) in [7, 11) is 0. The first kappa shape index (κ1) is 26.0. The third-order valence-electron chi connectivity index (χ3n) is 9.09. The van der Waals surface area contributed by atoms with Crippen molar-refractivity contribution in [2.45, 2.75) is 51.5 Å². The zero-order valence-corrected chi connectivity index (χ0v) is 23.2. The van der Waals surface area contributed by atoms with Crippen LogP contribution < -0.4 is 0 Å². The van der Waals surface area contributed by atoms with Crippen LogP contribution in [0.2, 0.25) is 0 Å². The van der Waals surface area contributed by atoms with Crippen molar-refractivity contribution in [1.29, 1.82) is 0 Å². The Morgan fingerprint density at radius 3 is 2.77 bits per heavy atom. The number of hydrogen-bond donors (Lipinski definition) is 1. The monoisotopic (exact) mass is 521 g/mol. The van der Waals surface area contributed by atoms with Gasteiger partial charge in [0.15, 0.2) is 0 Å². The normalized spacial score (nSPS) is 24.8. The molecule has 1 aromatic heterocycles. The van der Waals surface area contributed by atoms with Crippen LogP contribution in [-0.2, 0) is 34.3 Å². The molecule has 1 aliphatic heterocycles. The quantitative estimate of drug-likeness (QED) is 0.381. The van der Waals surface area contributed by atoms with E-state index in [2.05, 4.69) is 85.0 Å². The summed E-state index contributed by atoms with van der Waals surface area (Å²) in [5.74, 6) is 0.772. The Balaban J connectivity index is 1.26. The van der Waals surface area contributed by atoms with Gasteiger partial charge in [-0.3, -0.25) is 14.8 Å². The minimum absolute atomic E-state index is 0.121. The molecular weight excluding hydrogens is 482 g/mol. The van der Waals surface area contributed by atoms with Gasteiger partial charge >= 0.3 is 0 Å². The maximum absolute atomic E-state index is 13.7. The maximum atomic E-state index is 13.7. The first-order valence-corrected chi connectivity index (χ1v) is 14.5. The fraction of sp³-hybridized carbons (Fsp3) is 0.412. The van der Waals surface area contributed by atoms with E-state index in [-0.39, 0.29) is 17.3 Å². The molecule has 39 heavy (non-hydrogen) atoms. The lowest BCUT2D eigenvalue weighted by Crippen LogP contribution is -2.36. The van der Waals surface area contributed by atoms with E-state index in [0.29, 0.717) is 5.78 Å². The number of H-pyrrole nitrogens is 1. The second-order valence-corrected chi connectivity index (χ2v) is 11.4. The van der Waals surface area contributed by atoms with Gasteiger partial charge in [-0.1, -0.05) is 69.0 Å². The summed E-state index contributed by atoms with van der Waals surface area (Å²) in [5.41, 5.74) is 8.81. The zero-order valence-electron chi connectivity index (χ0n) is 23.2. The van der Waals surface area contributed by atoms with Gasteiger partial charge in [0.05, 0.1) is 30.0 Å². The van der Waals surface area contributed by atoms with Crippen molar-refractivity contribution in [3.63, 3.8) is 0 Å². The van der Waals surface area contributed by atoms with Crippen LogP contribution in [0, 0.1) is 11.8 Å². The van der Waals surface area contributed by atoms with Gasteiger partial charge in [0.1, 0.15) is 5.78 Å². The van der Waals surface area contributed by atoms with Gasteiger partial charge in [-0.2, -0.15) is 5.10 Å². The zero-order chi connectivity index (χ0) is 27.0. The lowest BCUT2D eigenvalue weighted by molar-refractivity contribution is -0.126. The van der Waals surface area contributed by atoms with Crippen LogP contribution in [0.5, 0.6) is 0 Å². The van der Waals surface area contributed by atoms with E-state index in [1.807, 2.05) is 6.08 Å². The largest absolute Gasteiger partial charge is 0.379 e. The highest BCUT2D eigenvalue weighted by molar-refractivity contribution is 5.98. The number of benzene rings is 2. The van der Waals surface area contributed by atoms with Crippen LogP contribution in [0.25, 0.3) is 23.4 Å². The molecule has 0 bridgehead atoms. The predicted molar refractivity (Wildman–Crippen MR) is 157 cm³/mol. The molecule has 3 aliphatic rings. The number of morpholine rings is 1. The van der Waals surface area contributed by atoms with Gasteiger partial charge in [0, 0.05) is 36.7 Å². The van der Waals surface area contributed by atoms with E-state index >= 15 is 0 Å². The number of allylic oxidation sites excluding steroid dienone is 1.